The molecule has 0 saturated heterocycles. The predicted molar refractivity (Wildman–Crippen MR) is 53.5 cm³/mol. The van der Waals surface area contributed by atoms with Crippen LogP contribution >= 0.6 is 0 Å². The first kappa shape index (κ1) is 16.8. The number of rotatable bonds is 0. The first-order valence-electron chi connectivity index (χ1n) is 4.53. The predicted octanol–water partition coefficient (Wildman–Crippen LogP) is -2.94. The zero-order chi connectivity index (χ0) is 8.67. The summed E-state index contributed by atoms with van der Waals surface area (Å²) in [7, 11) is 0. The molecule has 2 aromatic rings. The second kappa shape index (κ2) is 7.27. The molecule has 1 aliphatic carbocycles. The van der Waals surface area contributed by atoms with E-state index in [1.165, 1.54) is 22.3 Å². The molecule has 79 valence electrons. The van der Waals surface area contributed by atoms with Crippen molar-refractivity contribution in [1.82, 2.24) is 0 Å². The SMILES string of the molecule is [I-].[I-].[Zr+3].[c-]1cccc2c1Cc1ccccc1-2. The van der Waals surface area contributed by atoms with Gasteiger partial charge in [-0.05, 0) is 6.42 Å². The Kier molecular flexibility index (Phi) is 7.62. The van der Waals surface area contributed by atoms with Crippen LogP contribution in [0.2, 0.25) is 0 Å². The summed E-state index contributed by atoms with van der Waals surface area (Å²) >= 11 is 0. The molecule has 16 heavy (non-hydrogen) atoms. The van der Waals surface area contributed by atoms with E-state index in [4.69, 9.17) is 0 Å². The fourth-order valence-corrected chi connectivity index (χ4v) is 2.00. The average molecular weight is 510 g/mol. The molecule has 3 rings (SSSR count). The van der Waals surface area contributed by atoms with Crippen LogP contribution in [0.3, 0.4) is 0 Å². The van der Waals surface area contributed by atoms with Crippen molar-refractivity contribution in [1.29, 1.82) is 0 Å². The van der Waals surface area contributed by atoms with Crippen LogP contribution in [-0.4, -0.2) is 0 Å². The summed E-state index contributed by atoms with van der Waals surface area (Å²) in [4.78, 5) is 0. The zero-order valence-electron chi connectivity index (χ0n) is 8.50. The van der Waals surface area contributed by atoms with E-state index >= 15 is 0 Å². The maximum Gasteiger partial charge on any atom is 3.00 e. The third kappa shape index (κ3) is 2.96. The van der Waals surface area contributed by atoms with Crippen LogP contribution in [0.1, 0.15) is 11.1 Å². The van der Waals surface area contributed by atoms with Crippen LogP contribution < -0.4 is 48.0 Å². The molecule has 0 fully saturated rings. The molecule has 0 amide bonds. The van der Waals surface area contributed by atoms with E-state index in [-0.39, 0.29) is 74.2 Å². The van der Waals surface area contributed by atoms with Gasteiger partial charge in [0, 0.05) is 0 Å². The van der Waals surface area contributed by atoms with E-state index in [1.807, 2.05) is 6.07 Å². The number of fused-ring (bicyclic) bond motifs is 3. The normalized spacial score (nSPS) is 10.0. The van der Waals surface area contributed by atoms with Crippen LogP contribution in [0.4, 0.5) is 0 Å². The molecule has 0 heterocycles. The van der Waals surface area contributed by atoms with Crippen molar-refractivity contribution in [3.05, 3.63) is 59.7 Å². The van der Waals surface area contributed by atoms with E-state index in [2.05, 4.69) is 42.5 Å². The van der Waals surface area contributed by atoms with Crippen molar-refractivity contribution >= 4 is 0 Å². The summed E-state index contributed by atoms with van der Waals surface area (Å²) in [5, 5.41) is 0. The summed E-state index contributed by atoms with van der Waals surface area (Å²) in [6.07, 6.45) is 1.05. The molecule has 0 saturated carbocycles. The number of benzene rings is 2. The van der Waals surface area contributed by atoms with Gasteiger partial charge >= 0.3 is 26.2 Å². The molecule has 3 heteroatoms. The minimum absolute atomic E-state index is 0. The molecule has 0 N–H and O–H groups in total. The minimum Gasteiger partial charge on any atom is -1.00 e. The van der Waals surface area contributed by atoms with Crippen LogP contribution in [0.5, 0.6) is 0 Å². The van der Waals surface area contributed by atoms with E-state index in [1.54, 1.807) is 0 Å². The summed E-state index contributed by atoms with van der Waals surface area (Å²) in [6, 6.07) is 18.1. The first-order valence-corrected chi connectivity index (χ1v) is 4.53. The molecule has 0 bridgehead atoms. The molecule has 0 nitrogen and oxygen atoms in total. The van der Waals surface area contributed by atoms with Gasteiger partial charge in [-0.15, -0.1) is 5.56 Å². The van der Waals surface area contributed by atoms with E-state index in [9.17, 15) is 0 Å². The van der Waals surface area contributed by atoms with Crippen LogP contribution in [-0.2, 0) is 32.6 Å². The Morgan fingerprint density at radius 2 is 1.56 bits per heavy atom. The maximum absolute atomic E-state index is 3.30. The van der Waals surface area contributed by atoms with Gasteiger partial charge < -0.3 is 48.0 Å². The average Bonchev–Trinajstić information content (AvgIpc) is 2.56. The van der Waals surface area contributed by atoms with Crippen LogP contribution in [0.25, 0.3) is 11.1 Å². The smallest absolute Gasteiger partial charge is 1.00 e. The number of hydrogen-bond acceptors (Lipinski definition) is 0. The molecule has 0 unspecified atom stereocenters. The topological polar surface area (TPSA) is 0 Å². The van der Waals surface area contributed by atoms with Crippen LogP contribution in [0.15, 0.2) is 42.5 Å². The second-order valence-corrected chi connectivity index (χ2v) is 3.40. The van der Waals surface area contributed by atoms with E-state index < -0.39 is 0 Å². The van der Waals surface area contributed by atoms with E-state index in [0.29, 0.717) is 0 Å². The molecular formula is C13H9I2Zr. The Balaban J connectivity index is 0.000000750. The molecule has 2 aromatic carbocycles. The van der Waals surface area contributed by atoms with Crippen molar-refractivity contribution in [2.45, 2.75) is 6.42 Å². The third-order valence-corrected chi connectivity index (χ3v) is 2.62. The molecular weight excluding hydrogens is 501 g/mol. The van der Waals surface area contributed by atoms with Gasteiger partial charge in [-0.1, -0.05) is 35.4 Å². The van der Waals surface area contributed by atoms with E-state index in [0.717, 1.165) is 6.42 Å². The molecule has 0 aliphatic heterocycles. The van der Waals surface area contributed by atoms with Crippen molar-refractivity contribution in [2.24, 2.45) is 0 Å². The summed E-state index contributed by atoms with van der Waals surface area (Å²) < 4.78 is 0. The van der Waals surface area contributed by atoms with Gasteiger partial charge in [0.05, 0.1) is 0 Å². The summed E-state index contributed by atoms with van der Waals surface area (Å²) in [5.74, 6) is 0. The Hall–Kier alpha value is 0.783. The third-order valence-electron chi connectivity index (χ3n) is 2.62. The molecule has 1 aliphatic rings. The molecule has 0 spiro atoms. The minimum atomic E-state index is 0. The maximum atomic E-state index is 3.30. The van der Waals surface area contributed by atoms with Gasteiger partial charge in [-0.2, -0.15) is 29.8 Å². The Bertz CT molecular complexity index is 425. The van der Waals surface area contributed by atoms with Crippen LogP contribution in [0, 0.1) is 6.07 Å². The number of hydrogen-bond donors (Lipinski definition) is 0. The van der Waals surface area contributed by atoms with Gasteiger partial charge in [-0.3, -0.25) is 0 Å². The zero-order valence-corrected chi connectivity index (χ0v) is 15.3. The number of halogens is 2. The van der Waals surface area contributed by atoms with Gasteiger partial charge in [-0.25, -0.2) is 0 Å². The summed E-state index contributed by atoms with van der Waals surface area (Å²) in [5.41, 5.74) is 5.51. The van der Waals surface area contributed by atoms with Crippen molar-refractivity contribution in [3.63, 3.8) is 0 Å². The quantitative estimate of drug-likeness (QED) is 0.225. The van der Waals surface area contributed by atoms with Crippen molar-refractivity contribution in [3.8, 4) is 11.1 Å². The van der Waals surface area contributed by atoms with Crippen molar-refractivity contribution < 1.29 is 74.2 Å². The Morgan fingerprint density at radius 3 is 2.38 bits per heavy atom. The second-order valence-electron chi connectivity index (χ2n) is 3.40. The molecule has 0 atom stereocenters. The van der Waals surface area contributed by atoms with Gasteiger partial charge in [0.25, 0.3) is 0 Å². The van der Waals surface area contributed by atoms with Crippen molar-refractivity contribution in [2.75, 3.05) is 0 Å². The Morgan fingerprint density at radius 1 is 0.875 bits per heavy atom. The fourth-order valence-electron chi connectivity index (χ4n) is 2.00. The van der Waals surface area contributed by atoms with Gasteiger partial charge in [0.1, 0.15) is 0 Å². The fraction of sp³-hybridized carbons (Fsp3) is 0.0769. The standard InChI is InChI=1S/C13H9.2HI.Zr/c1-3-7-12-10(5-1)9-11-6-2-4-8-13(11)12;;;/h1-5,7-8H,9H2;2*1H;/q-1;;;+3/p-2. The van der Waals surface area contributed by atoms with Gasteiger partial charge in [0.2, 0.25) is 0 Å². The van der Waals surface area contributed by atoms with Gasteiger partial charge in [0.15, 0.2) is 0 Å². The largest absolute Gasteiger partial charge is 3.00 e. The molecule has 0 aromatic heterocycles. The Labute approximate surface area is 149 Å². The summed E-state index contributed by atoms with van der Waals surface area (Å²) in [6.45, 7) is 0. The first-order chi connectivity index (χ1) is 6.45. The monoisotopic (exact) mass is 509 g/mol. The molecule has 1 radical (unpaired) electrons.